The van der Waals surface area contributed by atoms with Crippen LogP contribution in [0.15, 0.2) is 36.5 Å². The summed E-state index contributed by atoms with van der Waals surface area (Å²) in [5, 5.41) is 0. The molecule has 5 unspecified atom stereocenters. The molecule has 7 rings (SSSR count). The third-order valence-electron chi connectivity index (χ3n) is 19.5. The number of hydrogen-bond donors (Lipinski definition) is 0. The molecule has 7 aliphatic carbocycles. The molecule has 0 heterocycles. The molecule has 0 amide bonds. The van der Waals surface area contributed by atoms with E-state index in [0.29, 0.717) is 24.0 Å². The van der Waals surface area contributed by atoms with E-state index in [1.165, 1.54) is 199 Å². The van der Waals surface area contributed by atoms with Gasteiger partial charge in [-0.05, 0) is 188 Å². The second kappa shape index (κ2) is 27.3. The average Bonchev–Trinajstić information content (AvgIpc) is 3.34. The summed E-state index contributed by atoms with van der Waals surface area (Å²) < 4.78 is 13.3. The zero-order valence-electron chi connectivity index (χ0n) is 43.0. The first-order valence-electron chi connectivity index (χ1n) is 29.3. The summed E-state index contributed by atoms with van der Waals surface area (Å²) in [5.74, 6) is 8.78. The standard InChI is InChI=1S/C61H105NO2/c1-6-48-22-30-53(31-23-48)54-34-40-59(41-35-54)62(57-36-26-51(27-37-57)21-20-49-16-9-7-10-17-49)58-38-28-52(29-39-58)25-32-55-45-61(64-43-42-47(4)15-13-14-46(2)3)56(44-60(55)63-5)33-24-50-18-11-8-12-19-50/h20-21,24-25,32-33,46-61H,6-19,22-23,26-31,34-45H2,1-5H3. The minimum Gasteiger partial charge on any atom is -0.381 e. The monoisotopic (exact) mass is 884 g/mol. The number of ether oxygens (including phenoxy) is 2. The summed E-state index contributed by atoms with van der Waals surface area (Å²) in [6, 6.07) is 2.46. The summed E-state index contributed by atoms with van der Waals surface area (Å²) >= 11 is 0. The Kier molecular flexibility index (Phi) is 21.8. The van der Waals surface area contributed by atoms with Crippen LogP contribution < -0.4 is 0 Å². The Bertz CT molecular complexity index is 1320. The van der Waals surface area contributed by atoms with Crippen molar-refractivity contribution in [2.45, 2.75) is 270 Å². The van der Waals surface area contributed by atoms with E-state index in [4.69, 9.17) is 9.47 Å². The van der Waals surface area contributed by atoms with Gasteiger partial charge in [-0.1, -0.05) is 141 Å². The van der Waals surface area contributed by atoms with Gasteiger partial charge in [0.25, 0.3) is 0 Å². The van der Waals surface area contributed by atoms with Crippen LogP contribution in [0.25, 0.3) is 0 Å². The van der Waals surface area contributed by atoms with Crippen LogP contribution >= 0.6 is 0 Å². The highest BCUT2D eigenvalue weighted by Gasteiger charge is 2.40. The van der Waals surface area contributed by atoms with E-state index in [1.807, 2.05) is 7.11 Å². The van der Waals surface area contributed by atoms with Crippen LogP contribution in [0, 0.1) is 65.1 Å². The fourth-order valence-corrected chi connectivity index (χ4v) is 15.1. The van der Waals surface area contributed by atoms with Gasteiger partial charge in [-0.3, -0.25) is 4.90 Å². The van der Waals surface area contributed by atoms with Crippen LogP contribution in [0.4, 0.5) is 0 Å². The predicted octanol–water partition coefficient (Wildman–Crippen LogP) is 17.3. The van der Waals surface area contributed by atoms with E-state index in [9.17, 15) is 0 Å². The molecule has 7 saturated carbocycles. The molecule has 0 aromatic carbocycles. The highest BCUT2D eigenvalue weighted by molar-refractivity contribution is 5.07. The smallest absolute Gasteiger partial charge is 0.0645 e. The molecule has 7 fully saturated rings. The summed E-state index contributed by atoms with van der Waals surface area (Å²) in [4.78, 5) is 3.25. The molecule has 0 radical (unpaired) electrons. The molecule has 3 heteroatoms. The van der Waals surface area contributed by atoms with Crippen molar-refractivity contribution in [1.29, 1.82) is 0 Å². The largest absolute Gasteiger partial charge is 0.381 e. The van der Waals surface area contributed by atoms with Gasteiger partial charge >= 0.3 is 0 Å². The Morgan fingerprint density at radius 2 is 0.906 bits per heavy atom. The zero-order valence-corrected chi connectivity index (χ0v) is 43.0. The van der Waals surface area contributed by atoms with Crippen molar-refractivity contribution in [3.63, 3.8) is 0 Å². The third-order valence-corrected chi connectivity index (χ3v) is 19.5. The second-order valence-electron chi connectivity index (χ2n) is 24.5. The lowest BCUT2D eigenvalue weighted by Gasteiger charge is -2.50. The summed E-state index contributed by atoms with van der Waals surface area (Å²) in [7, 11) is 1.98. The molecule has 0 spiro atoms. The molecule has 0 N–H and O–H groups in total. The number of rotatable bonds is 20. The van der Waals surface area contributed by atoms with Gasteiger partial charge in [-0.25, -0.2) is 0 Å². The van der Waals surface area contributed by atoms with Gasteiger partial charge < -0.3 is 9.47 Å². The van der Waals surface area contributed by atoms with Crippen molar-refractivity contribution in [3.8, 4) is 0 Å². The van der Waals surface area contributed by atoms with Gasteiger partial charge in [0.1, 0.15) is 0 Å². The summed E-state index contributed by atoms with van der Waals surface area (Å²) in [6.45, 7) is 10.5. The number of nitrogens with zero attached hydrogens (tertiary/aromatic N) is 1. The summed E-state index contributed by atoms with van der Waals surface area (Å²) in [5.41, 5.74) is 0. The first kappa shape index (κ1) is 51.0. The predicted molar refractivity (Wildman–Crippen MR) is 275 cm³/mol. The normalized spacial score (nSPS) is 37.4. The van der Waals surface area contributed by atoms with Crippen molar-refractivity contribution in [2.24, 2.45) is 65.1 Å². The molecule has 0 bridgehead atoms. The molecule has 0 saturated heterocycles. The maximum absolute atomic E-state index is 6.95. The second-order valence-corrected chi connectivity index (χ2v) is 24.5. The molecule has 0 aromatic rings. The molecule has 0 aliphatic heterocycles. The molecule has 5 atom stereocenters. The van der Waals surface area contributed by atoms with E-state index < -0.39 is 0 Å². The molecular formula is C61H105NO2. The first-order valence-corrected chi connectivity index (χ1v) is 29.3. The van der Waals surface area contributed by atoms with Crippen molar-refractivity contribution in [1.82, 2.24) is 4.90 Å². The SMILES string of the molecule is CCC1CCC(C2CCC(N(C3CCC(C=CC4CCCCC4)CC3)C3CCC(C=CC4CC(OCCC(C)CCCC(C)C)C(C=CC5CCCCC5)CC4OC)CC3)CC2)CC1. The Labute approximate surface area is 398 Å². The third kappa shape index (κ3) is 15.8. The van der Waals surface area contributed by atoms with E-state index in [-0.39, 0.29) is 0 Å². The van der Waals surface area contributed by atoms with Crippen molar-refractivity contribution in [3.05, 3.63) is 36.5 Å². The van der Waals surface area contributed by atoms with E-state index in [0.717, 1.165) is 90.8 Å². The van der Waals surface area contributed by atoms with Crippen molar-refractivity contribution >= 4 is 0 Å². The van der Waals surface area contributed by atoms with E-state index >= 15 is 0 Å². The zero-order chi connectivity index (χ0) is 44.5. The minimum atomic E-state index is 0.295. The van der Waals surface area contributed by atoms with Crippen LogP contribution in [0.1, 0.15) is 240 Å². The number of methoxy groups -OCH3 is 1. The highest BCUT2D eigenvalue weighted by atomic mass is 16.5. The number of hydrogen-bond acceptors (Lipinski definition) is 3. The lowest BCUT2D eigenvalue weighted by atomic mass is 9.69. The van der Waals surface area contributed by atoms with Crippen LogP contribution in [0.5, 0.6) is 0 Å². The highest BCUT2D eigenvalue weighted by Crippen LogP contribution is 2.45. The average molecular weight is 885 g/mol. The van der Waals surface area contributed by atoms with Crippen molar-refractivity contribution in [2.75, 3.05) is 13.7 Å². The Morgan fingerprint density at radius 1 is 0.469 bits per heavy atom. The van der Waals surface area contributed by atoms with E-state index in [2.05, 4.69) is 69.1 Å². The van der Waals surface area contributed by atoms with Crippen LogP contribution in [0.2, 0.25) is 0 Å². The quantitative estimate of drug-likeness (QED) is 0.114. The Morgan fingerprint density at radius 3 is 1.39 bits per heavy atom. The Balaban J connectivity index is 0.947. The molecular weight excluding hydrogens is 779 g/mol. The van der Waals surface area contributed by atoms with Gasteiger partial charge in [0.15, 0.2) is 0 Å². The molecule has 7 aliphatic rings. The van der Waals surface area contributed by atoms with Gasteiger partial charge in [0.05, 0.1) is 12.2 Å². The lowest BCUT2D eigenvalue weighted by Crippen LogP contribution is -2.53. The lowest BCUT2D eigenvalue weighted by molar-refractivity contribution is -0.0615. The minimum absolute atomic E-state index is 0.295. The van der Waals surface area contributed by atoms with Crippen LogP contribution in [-0.4, -0.2) is 49.0 Å². The molecule has 3 nitrogen and oxygen atoms in total. The number of allylic oxidation sites excluding steroid dienone is 4. The fourth-order valence-electron chi connectivity index (χ4n) is 15.1. The Hall–Kier alpha value is -0.900. The van der Waals surface area contributed by atoms with Crippen molar-refractivity contribution < 1.29 is 9.47 Å². The van der Waals surface area contributed by atoms with Gasteiger partial charge in [0, 0.05) is 43.7 Å². The summed E-state index contributed by atoms with van der Waals surface area (Å²) in [6.07, 6.45) is 63.0. The molecule has 64 heavy (non-hydrogen) atoms. The van der Waals surface area contributed by atoms with Gasteiger partial charge in [-0.15, -0.1) is 0 Å². The molecule has 366 valence electrons. The maximum Gasteiger partial charge on any atom is 0.0645 e. The topological polar surface area (TPSA) is 21.7 Å². The van der Waals surface area contributed by atoms with Crippen LogP contribution in [-0.2, 0) is 9.47 Å². The maximum atomic E-state index is 6.95. The molecule has 0 aromatic heterocycles. The van der Waals surface area contributed by atoms with E-state index in [1.54, 1.807) is 0 Å². The van der Waals surface area contributed by atoms with Gasteiger partial charge in [0.2, 0.25) is 0 Å². The van der Waals surface area contributed by atoms with Gasteiger partial charge in [-0.2, -0.15) is 0 Å². The first-order chi connectivity index (χ1) is 31.3. The van der Waals surface area contributed by atoms with Crippen LogP contribution in [0.3, 0.4) is 0 Å². The fraction of sp³-hybridized carbons (Fsp3) is 0.902.